The van der Waals surface area contributed by atoms with Gasteiger partial charge in [0.25, 0.3) is 0 Å². The minimum Gasteiger partial charge on any atom is -0.342 e. The predicted molar refractivity (Wildman–Crippen MR) is 99.7 cm³/mol. The second kappa shape index (κ2) is 7.40. The molecule has 1 fully saturated rings. The number of hydrogen-bond donors (Lipinski definition) is 1. The van der Waals surface area contributed by atoms with Crippen LogP contribution in [0, 0.1) is 11.2 Å². The maximum Gasteiger partial charge on any atom is 0.227 e. The Hall–Kier alpha value is -2.50. The molecule has 26 heavy (non-hydrogen) atoms. The van der Waals surface area contributed by atoms with Crippen molar-refractivity contribution in [2.75, 3.05) is 18.4 Å². The first-order valence-electron chi connectivity index (χ1n) is 8.98. The minimum absolute atomic E-state index is 0.175. The molecule has 3 rings (SSSR count). The van der Waals surface area contributed by atoms with Gasteiger partial charge in [0.2, 0.25) is 11.9 Å². The lowest BCUT2D eigenvalue weighted by molar-refractivity contribution is -0.140. The van der Waals surface area contributed by atoms with Crippen LogP contribution in [0.1, 0.15) is 45.2 Å². The summed E-state index contributed by atoms with van der Waals surface area (Å²) in [5, 5.41) is 3.04. The van der Waals surface area contributed by atoms with Crippen molar-refractivity contribution < 1.29 is 9.18 Å². The summed E-state index contributed by atoms with van der Waals surface area (Å²) in [6.45, 7) is 7.32. The Morgan fingerprint density at radius 3 is 2.85 bits per heavy atom. The summed E-state index contributed by atoms with van der Waals surface area (Å²) in [5.74, 6) is 0.489. The van der Waals surface area contributed by atoms with Crippen LogP contribution >= 0.6 is 0 Å². The third kappa shape index (κ3) is 4.36. The van der Waals surface area contributed by atoms with Crippen LogP contribution < -0.4 is 5.32 Å². The van der Waals surface area contributed by atoms with E-state index in [-0.39, 0.29) is 23.1 Å². The number of piperidine rings is 1. The van der Waals surface area contributed by atoms with Gasteiger partial charge in [-0.2, -0.15) is 0 Å². The molecule has 138 valence electrons. The highest BCUT2D eigenvalue weighted by Gasteiger charge is 2.31. The summed E-state index contributed by atoms with van der Waals surface area (Å²) in [4.78, 5) is 23.3. The number of halogens is 1. The number of hydrogen-bond acceptors (Lipinski definition) is 4. The zero-order valence-corrected chi connectivity index (χ0v) is 15.5. The molecule has 1 aromatic carbocycles. The Balaban J connectivity index is 1.74. The van der Waals surface area contributed by atoms with E-state index < -0.39 is 0 Å². The van der Waals surface area contributed by atoms with Gasteiger partial charge in [0.05, 0.1) is 5.69 Å². The van der Waals surface area contributed by atoms with Crippen molar-refractivity contribution in [3.05, 3.63) is 48.0 Å². The van der Waals surface area contributed by atoms with Gasteiger partial charge in [0.15, 0.2) is 0 Å². The second-order valence-corrected chi connectivity index (χ2v) is 7.78. The van der Waals surface area contributed by atoms with Gasteiger partial charge in [-0.25, -0.2) is 14.4 Å². The van der Waals surface area contributed by atoms with Gasteiger partial charge in [-0.3, -0.25) is 4.79 Å². The molecule has 2 aromatic rings. The van der Waals surface area contributed by atoms with E-state index in [9.17, 15) is 9.18 Å². The van der Waals surface area contributed by atoms with Crippen LogP contribution in [0.4, 0.5) is 16.0 Å². The molecule has 0 aliphatic carbocycles. The molecule has 1 amide bonds. The average molecular weight is 356 g/mol. The lowest BCUT2D eigenvalue weighted by atomic mass is 9.90. The molecule has 0 saturated carbocycles. The van der Waals surface area contributed by atoms with Crippen molar-refractivity contribution in [3.8, 4) is 0 Å². The van der Waals surface area contributed by atoms with Crippen molar-refractivity contribution in [1.29, 1.82) is 0 Å². The molecule has 1 aliphatic heterocycles. The second-order valence-electron chi connectivity index (χ2n) is 7.78. The van der Waals surface area contributed by atoms with E-state index in [0.29, 0.717) is 18.2 Å². The Labute approximate surface area is 153 Å². The van der Waals surface area contributed by atoms with E-state index in [1.807, 2.05) is 31.7 Å². The van der Waals surface area contributed by atoms with Gasteiger partial charge in [0, 0.05) is 36.3 Å². The van der Waals surface area contributed by atoms with Crippen molar-refractivity contribution in [2.45, 2.75) is 39.5 Å². The van der Waals surface area contributed by atoms with E-state index in [0.717, 1.165) is 25.1 Å². The highest BCUT2D eigenvalue weighted by molar-refractivity contribution is 5.81. The standard InChI is InChI=1S/C20H25FN4O/c1-20(2,3)18(26)25-11-5-6-14(13-25)17-9-10-22-19(24-17)23-16-8-4-7-15(21)12-16/h4,7-10,12,14H,5-6,11,13H2,1-3H3,(H,22,23,24)/t14-/m1/s1. The van der Waals surface area contributed by atoms with Gasteiger partial charge >= 0.3 is 0 Å². The monoisotopic (exact) mass is 356 g/mol. The van der Waals surface area contributed by atoms with Crippen molar-refractivity contribution in [2.24, 2.45) is 5.41 Å². The molecular formula is C20H25FN4O. The summed E-state index contributed by atoms with van der Waals surface area (Å²) in [5.41, 5.74) is 1.14. The highest BCUT2D eigenvalue weighted by atomic mass is 19.1. The van der Waals surface area contributed by atoms with E-state index >= 15 is 0 Å². The van der Waals surface area contributed by atoms with Crippen LogP contribution in [0.25, 0.3) is 0 Å². The lowest BCUT2D eigenvalue weighted by Gasteiger charge is -2.36. The van der Waals surface area contributed by atoms with Gasteiger partial charge in [0.1, 0.15) is 5.82 Å². The number of aromatic nitrogens is 2. The molecule has 6 heteroatoms. The summed E-state index contributed by atoms with van der Waals surface area (Å²) in [7, 11) is 0. The molecular weight excluding hydrogens is 331 g/mol. The SMILES string of the molecule is CC(C)(C)C(=O)N1CCC[C@@H](c2ccnc(Nc3cccc(F)c3)n2)C1. The number of nitrogens with one attached hydrogen (secondary N) is 1. The number of carbonyl (C=O) groups excluding carboxylic acids is 1. The number of amides is 1. The highest BCUT2D eigenvalue weighted by Crippen LogP contribution is 2.29. The van der Waals surface area contributed by atoms with E-state index in [4.69, 9.17) is 0 Å². The summed E-state index contributed by atoms with van der Waals surface area (Å²) >= 11 is 0. The molecule has 0 radical (unpaired) electrons. The third-order valence-corrected chi connectivity index (χ3v) is 4.53. The molecule has 1 aromatic heterocycles. The van der Waals surface area contributed by atoms with E-state index in [1.165, 1.54) is 12.1 Å². The Bertz CT molecular complexity index is 787. The Kier molecular flexibility index (Phi) is 5.20. The topological polar surface area (TPSA) is 58.1 Å². The average Bonchev–Trinajstić information content (AvgIpc) is 2.61. The van der Waals surface area contributed by atoms with Crippen LogP contribution in [0.15, 0.2) is 36.5 Å². The third-order valence-electron chi connectivity index (χ3n) is 4.53. The van der Waals surface area contributed by atoms with Gasteiger partial charge in [-0.05, 0) is 37.1 Å². The maximum absolute atomic E-state index is 13.3. The van der Waals surface area contributed by atoms with Crippen LogP contribution in [-0.2, 0) is 4.79 Å². The molecule has 2 heterocycles. The smallest absolute Gasteiger partial charge is 0.227 e. The number of likely N-dealkylation sites (tertiary alicyclic amines) is 1. The lowest BCUT2D eigenvalue weighted by Crippen LogP contribution is -2.44. The van der Waals surface area contributed by atoms with Gasteiger partial charge in [-0.1, -0.05) is 26.8 Å². The molecule has 5 nitrogen and oxygen atoms in total. The summed E-state index contributed by atoms with van der Waals surface area (Å²) in [6.07, 6.45) is 3.65. The zero-order valence-electron chi connectivity index (χ0n) is 15.5. The molecule has 0 bridgehead atoms. The normalized spacial score (nSPS) is 17.8. The molecule has 1 aliphatic rings. The summed E-state index contributed by atoms with van der Waals surface area (Å²) in [6, 6.07) is 8.10. The minimum atomic E-state index is -0.377. The predicted octanol–water partition coefficient (Wildman–Crippen LogP) is 4.11. The first-order chi connectivity index (χ1) is 12.3. The zero-order chi connectivity index (χ0) is 18.7. The van der Waals surface area contributed by atoms with Crippen LogP contribution in [0.2, 0.25) is 0 Å². The van der Waals surface area contributed by atoms with Gasteiger partial charge < -0.3 is 10.2 Å². The van der Waals surface area contributed by atoms with Crippen LogP contribution in [0.3, 0.4) is 0 Å². The fourth-order valence-electron chi connectivity index (χ4n) is 3.23. The van der Waals surface area contributed by atoms with Crippen LogP contribution in [0.5, 0.6) is 0 Å². The Morgan fingerprint density at radius 2 is 2.12 bits per heavy atom. The van der Waals surface area contributed by atoms with E-state index in [1.54, 1.807) is 18.3 Å². The van der Waals surface area contributed by atoms with Crippen molar-refractivity contribution in [1.82, 2.24) is 14.9 Å². The molecule has 1 N–H and O–H groups in total. The first kappa shape index (κ1) is 18.3. The Morgan fingerprint density at radius 1 is 1.31 bits per heavy atom. The fraction of sp³-hybridized carbons (Fsp3) is 0.450. The number of nitrogens with zero attached hydrogens (tertiary/aromatic N) is 3. The van der Waals surface area contributed by atoms with Crippen LogP contribution in [-0.4, -0.2) is 33.9 Å². The number of rotatable bonds is 3. The van der Waals surface area contributed by atoms with Crippen molar-refractivity contribution in [3.63, 3.8) is 0 Å². The maximum atomic E-state index is 13.3. The quantitative estimate of drug-likeness (QED) is 0.899. The molecule has 1 atom stereocenters. The first-order valence-corrected chi connectivity index (χ1v) is 8.98. The summed E-state index contributed by atoms with van der Waals surface area (Å²) < 4.78 is 13.3. The molecule has 0 spiro atoms. The number of benzene rings is 1. The molecule has 1 saturated heterocycles. The number of carbonyl (C=O) groups is 1. The largest absolute Gasteiger partial charge is 0.342 e. The van der Waals surface area contributed by atoms with Gasteiger partial charge in [-0.15, -0.1) is 0 Å². The van der Waals surface area contributed by atoms with E-state index in [2.05, 4.69) is 15.3 Å². The molecule has 0 unspecified atom stereocenters. The van der Waals surface area contributed by atoms with Crippen molar-refractivity contribution >= 4 is 17.5 Å². The number of anilines is 2. The fourth-order valence-corrected chi connectivity index (χ4v) is 3.23.